The third-order valence-corrected chi connectivity index (χ3v) is 5.91. The Morgan fingerprint density at radius 1 is 1.16 bits per heavy atom. The first kappa shape index (κ1) is 23.9. The highest BCUT2D eigenvalue weighted by atomic mass is 16.5. The van der Waals surface area contributed by atoms with Gasteiger partial charge in [-0.05, 0) is 37.8 Å². The number of rotatable bonds is 11. The van der Waals surface area contributed by atoms with Gasteiger partial charge in [-0.3, -0.25) is 4.79 Å². The third-order valence-electron chi connectivity index (χ3n) is 5.91. The summed E-state index contributed by atoms with van der Waals surface area (Å²) in [6, 6.07) is 6.52. The second-order valence-electron chi connectivity index (χ2n) is 8.25. The van der Waals surface area contributed by atoms with Gasteiger partial charge < -0.3 is 14.6 Å². The molecule has 0 bridgehead atoms. The van der Waals surface area contributed by atoms with Crippen molar-refractivity contribution in [2.75, 3.05) is 11.9 Å². The van der Waals surface area contributed by atoms with Gasteiger partial charge in [0, 0.05) is 12.4 Å². The van der Waals surface area contributed by atoms with Crippen molar-refractivity contribution in [3.8, 4) is 0 Å². The lowest BCUT2D eigenvalue weighted by atomic mass is 9.89. The van der Waals surface area contributed by atoms with E-state index in [1.54, 1.807) is 43.7 Å². The molecule has 0 aliphatic carbocycles. The summed E-state index contributed by atoms with van der Waals surface area (Å²) in [6.45, 7) is 4.26. The molecule has 1 saturated heterocycles. The predicted octanol–water partition coefficient (Wildman–Crippen LogP) is 4.04. The Labute approximate surface area is 190 Å². The number of ether oxygens (including phenoxy) is 1. The van der Waals surface area contributed by atoms with Crippen LogP contribution in [0.3, 0.4) is 0 Å². The van der Waals surface area contributed by atoms with Crippen molar-refractivity contribution >= 4 is 17.6 Å². The number of aromatic nitrogens is 2. The standard InChI is InChI=1S/C24H35N5O3/c1-3-5-6-7-8-11-18-16-21(27-28-22(18)29-15-14-25-17-29)23(30)26-20-13-10-9-12-19(20)24(31)32-4-2/h9-10,12-15,17-18,21-22,27-28H,3-8,11,16H2,1-2H3,(H,26,30). The Bertz CT molecular complexity index is 855. The van der Waals surface area contributed by atoms with Gasteiger partial charge in [-0.1, -0.05) is 51.2 Å². The van der Waals surface area contributed by atoms with Crippen molar-refractivity contribution in [2.24, 2.45) is 5.92 Å². The van der Waals surface area contributed by atoms with Crippen LogP contribution in [0.25, 0.3) is 0 Å². The number of unbranched alkanes of at least 4 members (excludes halogenated alkanes) is 4. The van der Waals surface area contributed by atoms with Crippen LogP contribution >= 0.6 is 0 Å². The molecular weight excluding hydrogens is 406 g/mol. The molecule has 3 N–H and O–H groups in total. The molecule has 3 atom stereocenters. The number of anilines is 1. The molecule has 0 saturated carbocycles. The topological polar surface area (TPSA) is 97.3 Å². The van der Waals surface area contributed by atoms with Gasteiger partial charge >= 0.3 is 5.97 Å². The number of hydrogen-bond donors (Lipinski definition) is 3. The summed E-state index contributed by atoms with van der Waals surface area (Å²) in [7, 11) is 0. The third kappa shape index (κ3) is 6.40. The minimum absolute atomic E-state index is 0.0412. The van der Waals surface area contributed by atoms with Crippen molar-refractivity contribution in [1.29, 1.82) is 0 Å². The molecule has 8 heteroatoms. The number of imidazole rings is 1. The zero-order chi connectivity index (χ0) is 22.8. The quantitative estimate of drug-likeness (QED) is 0.360. The predicted molar refractivity (Wildman–Crippen MR) is 124 cm³/mol. The van der Waals surface area contributed by atoms with Gasteiger partial charge in [0.2, 0.25) is 5.91 Å². The summed E-state index contributed by atoms with van der Waals surface area (Å²) in [5, 5.41) is 2.91. The van der Waals surface area contributed by atoms with Crippen LogP contribution in [0.5, 0.6) is 0 Å². The highest BCUT2D eigenvalue weighted by Crippen LogP contribution is 2.29. The van der Waals surface area contributed by atoms with Crippen LogP contribution < -0.4 is 16.2 Å². The monoisotopic (exact) mass is 441 g/mol. The second-order valence-corrected chi connectivity index (χ2v) is 8.25. The van der Waals surface area contributed by atoms with E-state index in [0.717, 1.165) is 12.8 Å². The summed E-state index contributed by atoms with van der Waals surface area (Å²) >= 11 is 0. The summed E-state index contributed by atoms with van der Waals surface area (Å²) in [6.07, 6.45) is 13.4. The van der Waals surface area contributed by atoms with E-state index in [0.29, 0.717) is 17.7 Å². The van der Waals surface area contributed by atoms with Gasteiger partial charge in [-0.15, -0.1) is 0 Å². The molecule has 2 aromatic rings. The van der Waals surface area contributed by atoms with E-state index in [1.165, 1.54) is 25.7 Å². The molecule has 1 aromatic carbocycles. The average Bonchev–Trinajstić information content (AvgIpc) is 3.34. The molecule has 1 fully saturated rings. The molecule has 1 aromatic heterocycles. The maximum atomic E-state index is 13.1. The fourth-order valence-corrected chi connectivity index (χ4v) is 4.20. The lowest BCUT2D eigenvalue weighted by Gasteiger charge is -2.38. The van der Waals surface area contributed by atoms with Gasteiger partial charge in [0.1, 0.15) is 12.2 Å². The van der Waals surface area contributed by atoms with Crippen molar-refractivity contribution in [2.45, 2.75) is 71.0 Å². The van der Waals surface area contributed by atoms with E-state index in [4.69, 9.17) is 4.74 Å². The minimum Gasteiger partial charge on any atom is -0.462 e. The normalized spacial score (nSPS) is 20.6. The summed E-state index contributed by atoms with van der Waals surface area (Å²) < 4.78 is 7.16. The molecule has 3 rings (SSSR count). The van der Waals surface area contributed by atoms with Gasteiger partial charge in [-0.2, -0.15) is 0 Å². The van der Waals surface area contributed by atoms with Crippen molar-refractivity contribution in [3.63, 3.8) is 0 Å². The van der Waals surface area contributed by atoms with E-state index >= 15 is 0 Å². The fraction of sp³-hybridized carbons (Fsp3) is 0.542. The number of hydrogen-bond acceptors (Lipinski definition) is 6. The summed E-state index contributed by atoms with van der Waals surface area (Å²) in [5.41, 5.74) is 7.30. The van der Waals surface area contributed by atoms with Crippen molar-refractivity contribution < 1.29 is 14.3 Å². The summed E-state index contributed by atoms with van der Waals surface area (Å²) in [5.74, 6) is -0.333. The largest absolute Gasteiger partial charge is 0.462 e. The van der Waals surface area contributed by atoms with Crippen LogP contribution in [0.2, 0.25) is 0 Å². The summed E-state index contributed by atoms with van der Waals surface area (Å²) in [4.78, 5) is 29.5. The highest BCUT2D eigenvalue weighted by Gasteiger charge is 2.34. The average molecular weight is 442 g/mol. The first-order chi connectivity index (χ1) is 15.6. The molecular formula is C24H35N5O3. The van der Waals surface area contributed by atoms with Crippen LogP contribution in [0.15, 0.2) is 43.0 Å². The molecule has 32 heavy (non-hydrogen) atoms. The Kier molecular flexibility index (Phi) is 9.25. The molecule has 2 heterocycles. The minimum atomic E-state index is -0.441. The van der Waals surface area contributed by atoms with Gasteiger partial charge in [0.05, 0.1) is 24.2 Å². The number of esters is 1. The Morgan fingerprint density at radius 3 is 2.72 bits per heavy atom. The maximum Gasteiger partial charge on any atom is 0.340 e. The van der Waals surface area contributed by atoms with Crippen molar-refractivity contribution in [1.82, 2.24) is 20.4 Å². The van der Waals surface area contributed by atoms with Crippen LogP contribution in [0.1, 0.15) is 75.3 Å². The number of nitrogens with zero attached hydrogens (tertiary/aromatic N) is 2. The maximum absolute atomic E-state index is 13.1. The lowest BCUT2D eigenvalue weighted by molar-refractivity contribution is -0.120. The molecule has 0 radical (unpaired) electrons. The van der Waals surface area contributed by atoms with E-state index < -0.39 is 12.0 Å². The van der Waals surface area contributed by atoms with E-state index in [-0.39, 0.29) is 24.6 Å². The number of hydrazine groups is 1. The van der Waals surface area contributed by atoms with Crippen LogP contribution in [0, 0.1) is 5.92 Å². The molecule has 8 nitrogen and oxygen atoms in total. The van der Waals surface area contributed by atoms with Gasteiger partial charge in [0.25, 0.3) is 0 Å². The molecule has 174 valence electrons. The number of nitrogens with one attached hydrogen (secondary N) is 3. The zero-order valence-electron chi connectivity index (χ0n) is 19.0. The molecule has 3 unspecified atom stereocenters. The SMILES string of the molecule is CCCCCCCC1CC(C(=O)Nc2ccccc2C(=O)OCC)NNC1n1ccnc1. The first-order valence-corrected chi connectivity index (χ1v) is 11.7. The number of carbonyl (C=O) groups excluding carboxylic acids is 2. The number of carbonyl (C=O) groups is 2. The number of amides is 1. The Hall–Kier alpha value is -2.71. The Balaban J connectivity index is 1.65. The van der Waals surface area contributed by atoms with Crippen LogP contribution in [-0.4, -0.2) is 34.1 Å². The number of para-hydroxylation sites is 1. The van der Waals surface area contributed by atoms with Gasteiger partial charge in [0.15, 0.2) is 0 Å². The zero-order valence-corrected chi connectivity index (χ0v) is 19.0. The first-order valence-electron chi connectivity index (χ1n) is 11.7. The van der Waals surface area contributed by atoms with E-state index in [2.05, 4.69) is 28.1 Å². The van der Waals surface area contributed by atoms with Crippen LogP contribution in [0.4, 0.5) is 5.69 Å². The highest BCUT2D eigenvalue weighted by molar-refractivity contribution is 6.02. The van der Waals surface area contributed by atoms with E-state index in [1.807, 2.05) is 10.8 Å². The van der Waals surface area contributed by atoms with E-state index in [9.17, 15) is 9.59 Å². The number of benzene rings is 1. The fourth-order valence-electron chi connectivity index (χ4n) is 4.20. The molecule has 1 aliphatic heterocycles. The smallest absolute Gasteiger partial charge is 0.340 e. The second kappa shape index (κ2) is 12.4. The lowest BCUT2D eigenvalue weighted by Crippen LogP contribution is -2.57. The molecule has 1 aliphatic rings. The van der Waals surface area contributed by atoms with Crippen LogP contribution in [-0.2, 0) is 9.53 Å². The Morgan fingerprint density at radius 2 is 1.97 bits per heavy atom. The van der Waals surface area contributed by atoms with Crippen molar-refractivity contribution in [3.05, 3.63) is 48.5 Å². The van der Waals surface area contributed by atoms with Gasteiger partial charge in [-0.25, -0.2) is 20.6 Å². The molecule has 0 spiro atoms. The molecule has 1 amide bonds.